The smallest absolute Gasteiger partial charge is 0.320 e. The molecule has 0 saturated carbocycles. The third kappa shape index (κ3) is 4.03. The lowest BCUT2D eigenvalue weighted by Gasteiger charge is -2.07. The zero-order valence-corrected chi connectivity index (χ0v) is 12.1. The molecule has 2 aromatic rings. The summed E-state index contributed by atoms with van der Waals surface area (Å²) >= 11 is 0. The van der Waals surface area contributed by atoms with E-state index < -0.39 is 5.91 Å². The van der Waals surface area contributed by atoms with E-state index in [1.807, 2.05) is 6.92 Å². The quantitative estimate of drug-likeness (QED) is 0.719. The summed E-state index contributed by atoms with van der Waals surface area (Å²) in [6.07, 6.45) is 1.03. The summed E-state index contributed by atoms with van der Waals surface area (Å²) in [7, 11) is 0. The maximum atomic E-state index is 11.1. The lowest BCUT2D eigenvalue weighted by Crippen LogP contribution is -2.19. The van der Waals surface area contributed by atoms with Gasteiger partial charge < -0.3 is 20.8 Å². The first kappa shape index (κ1) is 15.0. The van der Waals surface area contributed by atoms with Crippen molar-refractivity contribution in [1.29, 1.82) is 0 Å². The minimum Gasteiger partial charge on any atom is -0.406 e. The van der Waals surface area contributed by atoms with Crippen LogP contribution in [0.2, 0.25) is 0 Å². The van der Waals surface area contributed by atoms with Gasteiger partial charge in [-0.05, 0) is 38.1 Å². The van der Waals surface area contributed by atoms with Crippen molar-refractivity contribution < 1.29 is 9.21 Å². The predicted molar refractivity (Wildman–Crippen MR) is 79.2 cm³/mol. The minimum absolute atomic E-state index is 0.00930. The number of hydrogen-bond donors (Lipinski definition) is 3. The second kappa shape index (κ2) is 6.85. The number of primary amides is 1. The highest BCUT2D eigenvalue weighted by Crippen LogP contribution is 2.19. The number of nitrogens with two attached hydrogens (primary N) is 1. The number of carbonyl (C=O) groups excluding carboxylic acids is 1. The van der Waals surface area contributed by atoms with Gasteiger partial charge in [-0.25, -0.2) is 0 Å². The lowest BCUT2D eigenvalue weighted by molar-refractivity contribution is 0.100. The van der Waals surface area contributed by atoms with Gasteiger partial charge in [-0.15, -0.1) is 5.10 Å². The molecular formula is C14H19N5O2. The molecule has 7 heteroatoms. The molecule has 0 radical (unpaired) electrons. The molecule has 1 amide bonds. The SMILES string of the molecule is CCCNC(C)c1nnc(Nc2cccc(C(N)=O)c2)o1. The van der Waals surface area contributed by atoms with Crippen molar-refractivity contribution in [2.75, 3.05) is 11.9 Å². The summed E-state index contributed by atoms with van der Waals surface area (Å²) in [5.74, 6) is 0.0271. The molecule has 1 heterocycles. The first-order valence-electron chi connectivity index (χ1n) is 6.83. The van der Waals surface area contributed by atoms with Crippen LogP contribution in [0.25, 0.3) is 0 Å². The van der Waals surface area contributed by atoms with Gasteiger partial charge in [-0.3, -0.25) is 4.79 Å². The summed E-state index contributed by atoms with van der Waals surface area (Å²) in [5, 5.41) is 14.1. The fraction of sp³-hybridized carbons (Fsp3) is 0.357. The average Bonchev–Trinajstić information content (AvgIpc) is 2.93. The number of rotatable bonds is 7. The Kier molecular flexibility index (Phi) is 4.89. The standard InChI is InChI=1S/C14H19N5O2/c1-3-7-16-9(2)13-18-19-14(21-13)17-11-6-4-5-10(8-11)12(15)20/h4-6,8-9,16H,3,7H2,1-2H3,(H2,15,20)(H,17,19). The summed E-state index contributed by atoms with van der Waals surface area (Å²) in [6.45, 7) is 4.93. The van der Waals surface area contributed by atoms with Gasteiger partial charge in [0.05, 0.1) is 6.04 Å². The van der Waals surface area contributed by atoms with Crippen LogP contribution in [0.15, 0.2) is 28.7 Å². The van der Waals surface area contributed by atoms with E-state index in [1.165, 1.54) is 0 Å². The van der Waals surface area contributed by atoms with Crippen molar-refractivity contribution in [2.45, 2.75) is 26.3 Å². The zero-order valence-electron chi connectivity index (χ0n) is 12.1. The van der Waals surface area contributed by atoms with Crippen LogP contribution in [-0.4, -0.2) is 22.6 Å². The van der Waals surface area contributed by atoms with E-state index in [4.69, 9.17) is 10.2 Å². The zero-order chi connectivity index (χ0) is 15.2. The van der Waals surface area contributed by atoms with Crippen molar-refractivity contribution in [3.05, 3.63) is 35.7 Å². The van der Waals surface area contributed by atoms with Crippen LogP contribution in [0, 0.1) is 0 Å². The maximum absolute atomic E-state index is 11.1. The van der Waals surface area contributed by atoms with Gasteiger partial charge in [-0.1, -0.05) is 18.1 Å². The summed E-state index contributed by atoms with van der Waals surface area (Å²) < 4.78 is 5.53. The van der Waals surface area contributed by atoms with Gasteiger partial charge in [0.1, 0.15) is 0 Å². The lowest BCUT2D eigenvalue weighted by atomic mass is 10.2. The largest absolute Gasteiger partial charge is 0.406 e. The number of aromatic nitrogens is 2. The molecule has 0 fully saturated rings. The summed E-state index contributed by atoms with van der Waals surface area (Å²) in [6, 6.07) is 7.05. The molecule has 1 unspecified atom stereocenters. The van der Waals surface area contributed by atoms with E-state index in [2.05, 4.69) is 27.8 Å². The van der Waals surface area contributed by atoms with Crippen LogP contribution < -0.4 is 16.4 Å². The van der Waals surface area contributed by atoms with E-state index >= 15 is 0 Å². The van der Waals surface area contributed by atoms with Crippen molar-refractivity contribution >= 4 is 17.6 Å². The Morgan fingerprint density at radius 1 is 1.43 bits per heavy atom. The number of benzene rings is 1. The first-order chi connectivity index (χ1) is 10.1. The van der Waals surface area contributed by atoms with Crippen LogP contribution in [0.1, 0.15) is 42.6 Å². The molecule has 1 aromatic carbocycles. The van der Waals surface area contributed by atoms with Gasteiger partial charge in [0.2, 0.25) is 11.8 Å². The van der Waals surface area contributed by atoms with E-state index in [0.717, 1.165) is 13.0 Å². The molecule has 2 rings (SSSR count). The summed E-state index contributed by atoms with van der Waals surface area (Å²) in [4.78, 5) is 11.1. The van der Waals surface area contributed by atoms with Gasteiger partial charge in [0.15, 0.2) is 0 Å². The second-order valence-corrected chi connectivity index (χ2v) is 4.69. The van der Waals surface area contributed by atoms with Crippen LogP contribution in [0.4, 0.5) is 11.7 Å². The number of anilines is 2. The highest BCUT2D eigenvalue weighted by Gasteiger charge is 2.13. The monoisotopic (exact) mass is 289 g/mol. The molecular weight excluding hydrogens is 270 g/mol. The van der Waals surface area contributed by atoms with E-state index in [-0.39, 0.29) is 12.1 Å². The molecule has 1 aromatic heterocycles. The minimum atomic E-state index is -0.484. The van der Waals surface area contributed by atoms with Gasteiger partial charge in [0, 0.05) is 11.3 Å². The van der Waals surface area contributed by atoms with Crippen molar-refractivity contribution in [1.82, 2.24) is 15.5 Å². The Morgan fingerprint density at radius 3 is 2.95 bits per heavy atom. The van der Waals surface area contributed by atoms with Gasteiger partial charge in [-0.2, -0.15) is 0 Å². The molecule has 7 nitrogen and oxygen atoms in total. The third-order valence-corrected chi connectivity index (χ3v) is 2.91. The predicted octanol–water partition coefficient (Wildman–Crippen LogP) is 1.97. The Morgan fingerprint density at radius 2 is 2.24 bits per heavy atom. The number of carbonyl (C=O) groups is 1. The van der Waals surface area contributed by atoms with Crippen LogP contribution in [0.5, 0.6) is 0 Å². The molecule has 4 N–H and O–H groups in total. The fourth-order valence-corrected chi connectivity index (χ4v) is 1.78. The van der Waals surface area contributed by atoms with Crippen LogP contribution in [0.3, 0.4) is 0 Å². The number of nitrogens with one attached hydrogen (secondary N) is 2. The normalized spacial score (nSPS) is 12.1. The van der Waals surface area contributed by atoms with Crippen molar-refractivity contribution in [2.24, 2.45) is 5.73 Å². The molecule has 0 aliphatic carbocycles. The van der Waals surface area contributed by atoms with Gasteiger partial charge in [0.25, 0.3) is 0 Å². The van der Waals surface area contributed by atoms with Crippen LogP contribution in [-0.2, 0) is 0 Å². The Bertz CT molecular complexity index is 611. The van der Waals surface area contributed by atoms with Gasteiger partial charge >= 0.3 is 6.01 Å². The molecule has 0 aliphatic heterocycles. The highest BCUT2D eigenvalue weighted by molar-refractivity contribution is 5.93. The highest BCUT2D eigenvalue weighted by atomic mass is 16.4. The second-order valence-electron chi connectivity index (χ2n) is 4.69. The molecule has 0 saturated heterocycles. The molecule has 0 spiro atoms. The van der Waals surface area contributed by atoms with E-state index in [9.17, 15) is 4.79 Å². The Labute approximate surface area is 122 Å². The fourth-order valence-electron chi connectivity index (χ4n) is 1.78. The molecule has 112 valence electrons. The molecule has 0 aliphatic rings. The van der Waals surface area contributed by atoms with E-state index in [1.54, 1.807) is 24.3 Å². The van der Waals surface area contributed by atoms with Crippen LogP contribution >= 0.6 is 0 Å². The van der Waals surface area contributed by atoms with E-state index in [0.29, 0.717) is 17.1 Å². The molecule has 1 atom stereocenters. The number of hydrogen-bond acceptors (Lipinski definition) is 6. The Balaban J connectivity index is 2.05. The number of amides is 1. The molecule has 0 bridgehead atoms. The molecule has 21 heavy (non-hydrogen) atoms. The first-order valence-corrected chi connectivity index (χ1v) is 6.83. The maximum Gasteiger partial charge on any atom is 0.320 e. The summed E-state index contributed by atoms with van der Waals surface area (Å²) in [5.41, 5.74) is 6.32. The number of nitrogens with zero attached hydrogens (tertiary/aromatic N) is 2. The average molecular weight is 289 g/mol. The third-order valence-electron chi connectivity index (χ3n) is 2.91. The van der Waals surface area contributed by atoms with Crippen molar-refractivity contribution in [3.8, 4) is 0 Å². The van der Waals surface area contributed by atoms with Crippen molar-refractivity contribution in [3.63, 3.8) is 0 Å². The Hall–Kier alpha value is -2.41. The topological polar surface area (TPSA) is 106 Å².